The summed E-state index contributed by atoms with van der Waals surface area (Å²) < 4.78 is 2.56. The minimum atomic E-state index is -0.0437. The standard InChI is InChI=1S/C14H15BrN2O2S/c1-10-9-20-14(19)17(10)8-4-7-13(18)16-12-6-3-2-5-11(12)15/h2-3,5-6,9H,4,7-8H2,1H3,(H,16,18). The second-order valence-electron chi connectivity index (χ2n) is 4.43. The molecule has 0 unspecified atom stereocenters. The van der Waals surface area contributed by atoms with E-state index >= 15 is 0 Å². The molecule has 2 rings (SSSR count). The van der Waals surface area contributed by atoms with E-state index in [-0.39, 0.29) is 10.8 Å². The molecular weight excluding hydrogens is 340 g/mol. The van der Waals surface area contributed by atoms with Crippen LogP contribution in [0.2, 0.25) is 0 Å². The van der Waals surface area contributed by atoms with Crippen molar-refractivity contribution in [1.29, 1.82) is 0 Å². The van der Waals surface area contributed by atoms with Crippen LogP contribution >= 0.6 is 27.3 Å². The summed E-state index contributed by atoms with van der Waals surface area (Å²) in [6.07, 6.45) is 1.04. The van der Waals surface area contributed by atoms with Gasteiger partial charge in [-0.15, -0.1) is 0 Å². The molecule has 20 heavy (non-hydrogen) atoms. The molecule has 1 N–H and O–H groups in total. The first-order chi connectivity index (χ1) is 9.58. The Morgan fingerprint density at radius 3 is 2.80 bits per heavy atom. The number of hydrogen-bond donors (Lipinski definition) is 1. The molecule has 2 aromatic rings. The van der Waals surface area contributed by atoms with Gasteiger partial charge in [-0.05, 0) is 41.4 Å². The zero-order valence-corrected chi connectivity index (χ0v) is 13.5. The van der Waals surface area contributed by atoms with Gasteiger partial charge in [0.2, 0.25) is 5.91 Å². The number of amides is 1. The SMILES string of the molecule is Cc1csc(=O)n1CCCC(=O)Nc1ccccc1Br. The van der Waals surface area contributed by atoms with Gasteiger partial charge in [0.05, 0.1) is 5.69 Å². The number of nitrogens with one attached hydrogen (secondary N) is 1. The molecule has 4 nitrogen and oxygen atoms in total. The van der Waals surface area contributed by atoms with Crippen LogP contribution in [-0.2, 0) is 11.3 Å². The Hall–Kier alpha value is -1.40. The summed E-state index contributed by atoms with van der Waals surface area (Å²) in [4.78, 5) is 23.4. The minimum absolute atomic E-state index is 0.0358. The van der Waals surface area contributed by atoms with Crippen molar-refractivity contribution < 1.29 is 4.79 Å². The first kappa shape index (κ1) is 15.0. The summed E-state index contributed by atoms with van der Waals surface area (Å²) in [7, 11) is 0. The number of nitrogens with zero attached hydrogens (tertiary/aromatic N) is 1. The van der Waals surface area contributed by atoms with Crippen LogP contribution in [0.4, 0.5) is 5.69 Å². The normalized spacial score (nSPS) is 10.5. The van der Waals surface area contributed by atoms with Crippen molar-refractivity contribution in [3.05, 3.63) is 49.5 Å². The predicted molar refractivity (Wildman–Crippen MR) is 85.3 cm³/mol. The number of anilines is 1. The van der Waals surface area contributed by atoms with E-state index in [1.807, 2.05) is 36.6 Å². The van der Waals surface area contributed by atoms with Crippen molar-refractivity contribution in [3.63, 3.8) is 0 Å². The topological polar surface area (TPSA) is 51.1 Å². The molecule has 106 valence electrons. The first-order valence-electron chi connectivity index (χ1n) is 6.27. The number of aromatic nitrogens is 1. The highest BCUT2D eigenvalue weighted by Crippen LogP contribution is 2.21. The summed E-state index contributed by atoms with van der Waals surface area (Å²) >= 11 is 4.58. The highest BCUT2D eigenvalue weighted by molar-refractivity contribution is 9.10. The van der Waals surface area contributed by atoms with Gasteiger partial charge in [0.25, 0.3) is 0 Å². The fourth-order valence-electron chi connectivity index (χ4n) is 1.85. The molecule has 1 aromatic heterocycles. The van der Waals surface area contributed by atoms with E-state index in [0.717, 1.165) is 15.9 Å². The van der Waals surface area contributed by atoms with Gasteiger partial charge in [-0.2, -0.15) is 0 Å². The summed E-state index contributed by atoms with van der Waals surface area (Å²) in [5.74, 6) is -0.0437. The van der Waals surface area contributed by atoms with Crippen molar-refractivity contribution >= 4 is 38.9 Å². The summed E-state index contributed by atoms with van der Waals surface area (Å²) in [6.45, 7) is 2.48. The summed E-state index contributed by atoms with van der Waals surface area (Å²) in [5, 5.41) is 4.69. The van der Waals surface area contributed by atoms with E-state index in [2.05, 4.69) is 21.2 Å². The second-order valence-corrected chi connectivity index (χ2v) is 6.10. The van der Waals surface area contributed by atoms with Crippen molar-refractivity contribution in [1.82, 2.24) is 4.57 Å². The van der Waals surface area contributed by atoms with E-state index in [1.54, 1.807) is 4.57 Å². The van der Waals surface area contributed by atoms with Crippen LogP contribution < -0.4 is 10.2 Å². The molecule has 0 radical (unpaired) electrons. The third-order valence-corrected chi connectivity index (χ3v) is 4.48. The Balaban J connectivity index is 1.85. The van der Waals surface area contributed by atoms with Gasteiger partial charge >= 0.3 is 4.87 Å². The zero-order chi connectivity index (χ0) is 14.5. The third kappa shape index (κ3) is 3.80. The number of aryl methyl sites for hydroxylation is 1. The Labute approximate surface area is 129 Å². The average Bonchev–Trinajstić information content (AvgIpc) is 2.73. The molecule has 1 aromatic carbocycles. The quantitative estimate of drug-likeness (QED) is 0.894. The molecule has 0 saturated heterocycles. The average molecular weight is 355 g/mol. The minimum Gasteiger partial charge on any atom is -0.325 e. The van der Waals surface area contributed by atoms with Crippen LogP contribution in [0.15, 0.2) is 38.9 Å². The van der Waals surface area contributed by atoms with Gasteiger partial charge in [-0.3, -0.25) is 9.59 Å². The number of para-hydroxylation sites is 1. The van der Waals surface area contributed by atoms with Gasteiger partial charge in [0.1, 0.15) is 0 Å². The van der Waals surface area contributed by atoms with Crippen LogP contribution in [0.1, 0.15) is 18.5 Å². The number of carbonyl (C=O) groups is 1. The fraction of sp³-hybridized carbons (Fsp3) is 0.286. The van der Waals surface area contributed by atoms with Gasteiger partial charge in [0.15, 0.2) is 0 Å². The number of hydrogen-bond acceptors (Lipinski definition) is 3. The molecular formula is C14H15BrN2O2S. The molecule has 1 heterocycles. The maximum absolute atomic E-state index is 11.8. The molecule has 0 spiro atoms. The lowest BCUT2D eigenvalue weighted by Gasteiger charge is -2.07. The molecule has 1 amide bonds. The summed E-state index contributed by atoms with van der Waals surface area (Å²) in [6, 6.07) is 7.49. The second kappa shape index (κ2) is 6.85. The molecule has 6 heteroatoms. The van der Waals surface area contributed by atoms with Crippen LogP contribution in [-0.4, -0.2) is 10.5 Å². The van der Waals surface area contributed by atoms with E-state index in [0.29, 0.717) is 19.4 Å². The highest BCUT2D eigenvalue weighted by atomic mass is 79.9. The zero-order valence-electron chi connectivity index (χ0n) is 11.1. The fourth-order valence-corrected chi connectivity index (χ4v) is 2.99. The Bertz CT molecular complexity index is 663. The molecule has 0 fully saturated rings. The monoisotopic (exact) mass is 354 g/mol. The van der Waals surface area contributed by atoms with E-state index in [4.69, 9.17) is 0 Å². The van der Waals surface area contributed by atoms with Crippen molar-refractivity contribution in [2.45, 2.75) is 26.3 Å². The number of benzene rings is 1. The Morgan fingerprint density at radius 1 is 1.40 bits per heavy atom. The maximum Gasteiger partial charge on any atom is 0.307 e. The van der Waals surface area contributed by atoms with Gasteiger partial charge < -0.3 is 9.88 Å². The van der Waals surface area contributed by atoms with Crippen LogP contribution in [0.3, 0.4) is 0 Å². The van der Waals surface area contributed by atoms with Crippen molar-refractivity contribution in [3.8, 4) is 0 Å². The number of rotatable bonds is 5. The molecule has 0 saturated carbocycles. The van der Waals surface area contributed by atoms with Crippen LogP contribution in [0.25, 0.3) is 0 Å². The number of halogens is 1. The molecule has 0 aliphatic carbocycles. The highest BCUT2D eigenvalue weighted by Gasteiger charge is 2.07. The maximum atomic E-state index is 11.8. The van der Waals surface area contributed by atoms with Crippen molar-refractivity contribution in [2.24, 2.45) is 0 Å². The van der Waals surface area contributed by atoms with Gasteiger partial charge in [-0.1, -0.05) is 23.5 Å². The van der Waals surface area contributed by atoms with Gasteiger partial charge in [0, 0.05) is 28.5 Å². The number of carbonyl (C=O) groups excluding carboxylic acids is 1. The predicted octanol–water partition coefficient (Wildman–Crippen LogP) is 3.40. The van der Waals surface area contributed by atoms with E-state index < -0.39 is 0 Å². The lowest BCUT2D eigenvalue weighted by Crippen LogP contribution is -2.17. The third-order valence-electron chi connectivity index (χ3n) is 2.91. The lowest BCUT2D eigenvalue weighted by atomic mass is 10.2. The summed E-state index contributed by atoms with van der Waals surface area (Å²) in [5.41, 5.74) is 1.72. The van der Waals surface area contributed by atoms with Gasteiger partial charge in [-0.25, -0.2) is 0 Å². The molecule has 0 aliphatic heterocycles. The van der Waals surface area contributed by atoms with E-state index in [9.17, 15) is 9.59 Å². The molecule has 0 aliphatic rings. The molecule has 0 atom stereocenters. The Kier molecular flexibility index (Phi) is 5.14. The van der Waals surface area contributed by atoms with Crippen LogP contribution in [0.5, 0.6) is 0 Å². The Morgan fingerprint density at radius 2 is 2.15 bits per heavy atom. The largest absolute Gasteiger partial charge is 0.325 e. The number of thiazole rings is 1. The van der Waals surface area contributed by atoms with Crippen molar-refractivity contribution in [2.75, 3.05) is 5.32 Å². The smallest absolute Gasteiger partial charge is 0.307 e. The lowest BCUT2D eigenvalue weighted by molar-refractivity contribution is -0.116. The van der Waals surface area contributed by atoms with Crippen LogP contribution in [0, 0.1) is 6.92 Å². The van der Waals surface area contributed by atoms with E-state index in [1.165, 1.54) is 11.3 Å². The first-order valence-corrected chi connectivity index (χ1v) is 7.94. The molecule has 0 bridgehead atoms.